The van der Waals surface area contributed by atoms with E-state index in [-0.39, 0.29) is 17.9 Å². The van der Waals surface area contributed by atoms with E-state index >= 15 is 0 Å². The minimum Gasteiger partial charge on any atom is -0.327 e. The van der Waals surface area contributed by atoms with Crippen molar-refractivity contribution < 1.29 is 4.79 Å². The fraction of sp³-hybridized carbons (Fsp3) is 0.0769. The standard InChI is InChI=1S/C13H11ClN2O2/c14-10-3-1-2-9(6-10)7-13(18)16-11-4-5-12(17)15-8-11/h1-6,8H,7H2,(H,15,17)(H,16,18). The van der Waals surface area contributed by atoms with Gasteiger partial charge in [-0.15, -0.1) is 0 Å². The van der Waals surface area contributed by atoms with Crippen LogP contribution in [-0.2, 0) is 11.2 Å². The molecule has 1 aromatic carbocycles. The van der Waals surface area contributed by atoms with Gasteiger partial charge < -0.3 is 10.3 Å². The van der Waals surface area contributed by atoms with Crippen molar-refractivity contribution in [2.24, 2.45) is 0 Å². The molecule has 0 saturated heterocycles. The van der Waals surface area contributed by atoms with Crippen molar-refractivity contribution in [2.75, 3.05) is 5.32 Å². The first-order valence-electron chi connectivity index (χ1n) is 5.36. The fourth-order valence-electron chi connectivity index (χ4n) is 1.53. The van der Waals surface area contributed by atoms with Crippen molar-refractivity contribution in [1.82, 2.24) is 4.98 Å². The van der Waals surface area contributed by atoms with Gasteiger partial charge in [0, 0.05) is 17.3 Å². The van der Waals surface area contributed by atoms with Crippen molar-refractivity contribution in [3.63, 3.8) is 0 Å². The van der Waals surface area contributed by atoms with E-state index in [2.05, 4.69) is 10.3 Å². The third-order valence-electron chi connectivity index (χ3n) is 2.32. The quantitative estimate of drug-likeness (QED) is 0.891. The lowest BCUT2D eigenvalue weighted by Crippen LogP contribution is -2.15. The van der Waals surface area contributed by atoms with Gasteiger partial charge in [-0.05, 0) is 23.8 Å². The number of halogens is 1. The minimum atomic E-state index is -0.206. The van der Waals surface area contributed by atoms with Gasteiger partial charge in [0.25, 0.3) is 0 Å². The van der Waals surface area contributed by atoms with Crippen LogP contribution in [0.1, 0.15) is 5.56 Å². The van der Waals surface area contributed by atoms with Gasteiger partial charge >= 0.3 is 0 Å². The lowest BCUT2D eigenvalue weighted by atomic mass is 10.1. The summed E-state index contributed by atoms with van der Waals surface area (Å²) in [5.41, 5.74) is 1.19. The van der Waals surface area contributed by atoms with Gasteiger partial charge in [0.05, 0.1) is 12.1 Å². The maximum atomic E-state index is 11.7. The second-order valence-corrected chi connectivity index (χ2v) is 4.23. The molecule has 0 aliphatic rings. The summed E-state index contributed by atoms with van der Waals surface area (Å²) in [4.78, 5) is 25.1. The Balaban J connectivity index is 2.01. The Labute approximate surface area is 109 Å². The van der Waals surface area contributed by atoms with E-state index in [1.807, 2.05) is 6.07 Å². The maximum Gasteiger partial charge on any atom is 0.248 e. The number of anilines is 1. The van der Waals surface area contributed by atoms with Gasteiger partial charge in [0.2, 0.25) is 11.5 Å². The molecule has 0 fully saturated rings. The van der Waals surface area contributed by atoms with E-state index in [9.17, 15) is 9.59 Å². The number of aromatic amines is 1. The highest BCUT2D eigenvalue weighted by Gasteiger charge is 2.04. The van der Waals surface area contributed by atoms with Gasteiger partial charge in [0.15, 0.2) is 0 Å². The highest BCUT2D eigenvalue weighted by Crippen LogP contribution is 2.11. The molecule has 92 valence electrons. The van der Waals surface area contributed by atoms with Crippen molar-refractivity contribution in [1.29, 1.82) is 0 Å². The van der Waals surface area contributed by atoms with Crippen LogP contribution < -0.4 is 10.9 Å². The number of nitrogens with one attached hydrogen (secondary N) is 2. The topological polar surface area (TPSA) is 62.0 Å². The lowest BCUT2D eigenvalue weighted by molar-refractivity contribution is -0.115. The molecule has 0 aliphatic carbocycles. The van der Waals surface area contributed by atoms with Crippen molar-refractivity contribution in [3.05, 3.63) is 63.5 Å². The van der Waals surface area contributed by atoms with Gasteiger partial charge in [-0.1, -0.05) is 23.7 Å². The van der Waals surface area contributed by atoms with E-state index in [1.54, 1.807) is 24.3 Å². The molecule has 0 saturated carbocycles. The molecule has 0 aliphatic heterocycles. The Morgan fingerprint density at radius 3 is 2.78 bits per heavy atom. The zero-order valence-corrected chi connectivity index (χ0v) is 10.2. The smallest absolute Gasteiger partial charge is 0.248 e. The average molecular weight is 263 g/mol. The summed E-state index contributed by atoms with van der Waals surface area (Å²) in [6.07, 6.45) is 1.69. The molecule has 0 radical (unpaired) electrons. The molecule has 0 spiro atoms. The molecule has 0 atom stereocenters. The summed E-state index contributed by atoms with van der Waals surface area (Å²) in [7, 11) is 0. The highest BCUT2D eigenvalue weighted by molar-refractivity contribution is 6.30. The van der Waals surface area contributed by atoms with E-state index in [0.29, 0.717) is 10.7 Å². The maximum absolute atomic E-state index is 11.7. The second-order valence-electron chi connectivity index (χ2n) is 3.80. The lowest BCUT2D eigenvalue weighted by Gasteiger charge is -2.04. The van der Waals surface area contributed by atoms with Gasteiger partial charge in [-0.2, -0.15) is 0 Å². The summed E-state index contributed by atoms with van der Waals surface area (Å²) in [6, 6.07) is 10.0. The molecule has 2 aromatic rings. The van der Waals surface area contributed by atoms with E-state index in [4.69, 9.17) is 11.6 Å². The summed E-state index contributed by atoms with van der Waals surface area (Å²) in [5, 5.41) is 3.29. The molecule has 0 unspecified atom stereocenters. The molecule has 1 aromatic heterocycles. The SMILES string of the molecule is O=C(Cc1cccc(Cl)c1)Nc1ccc(=O)[nH]c1. The van der Waals surface area contributed by atoms with Crippen molar-refractivity contribution in [2.45, 2.75) is 6.42 Å². The predicted octanol–water partition coefficient (Wildman–Crippen LogP) is 2.21. The van der Waals surface area contributed by atoms with Crippen LogP contribution in [0.5, 0.6) is 0 Å². The molecular weight excluding hydrogens is 252 g/mol. The third-order valence-corrected chi connectivity index (χ3v) is 2.56. The summed E-state index contributed by atoms with van der Waals surface area (Å²) >= 11 is 5.83. The number of carbonyl (C=O) groups excluding carboxylic acids is 1. The van der Waals surface area contributed by atoms with E-state index in [0.717, 1.165) is 5.56 Å². The molecule has 2 N–H and O–H groups in total. The number of H-pyrrole nitrogens is 1. The molecule has 0 bridgehead atoms. The first kappa shape index (κ1) is 12.4. The Hall–Kier alpha value is -2.07. The van der Waals surface area contributed by atoms with Crippen LogP contribution in [0.25, 0.3) is 0 Å². The summed E-state index contributed by atoms with van der Waals surface area (Å²) < 4.78 is 0. The number of hydrogen-bond donors (Lipinski definition) is 2. The number of carbonyl (C=O) groups is 1. The monoisotopic (exact) mass is 262 g/mol. The average Bonchev–Trinajstić information content (AvgIpc) is 2.32. The van der Waals surface area contributed by atoms with Crippen LogP contribution in [0.15, 0.2) is 47.4 Å². The zero-order chi connectivity index (χ0) is 13.0. The summed E-state index contributed by atoms with van der Waals surface area (Å²) in [5.74, 6) is -0.163. The first-order chi connectivity index (χ1) is 8.63. The van der Waals surface area contributed by atoms with Crippen LogP contribution in [0.4, 0.5) is 5.69 Å². The molecule has 4 nitrogen and oxygen atoms in total. The molecule has 2 rings (SSSR count). The fourth-order valence-corrected chi connectivity index (χ4v) is 1.74. The summed E-state index contributed by atoms with van der Waals surface area (Å²) in [6.45, 7) is 0. The molecule has 18 heavy (non-hydrogen) atoms. The van der Waals surface area contributed by atoms with Crippen molar-refractivity contribution >= 4 is 23.2 Å². The Bertz CT molecular complexity index is 602. The van der Waals surface area contributed by atoms with Crippen LogP contribution in [0, 0.1) is 0 Å². The number of hydrogen-bond acceptors (Lipinski definition) is 2. The highest BCUT2D eigenvalue weighted by atomic mass is 35.5. The molecular formula is C13H11ClN2O2. The Morgan fingerprint density at radius 2 is 2.11 bits per heavy atom. The molecule has 1 amide bonds. The molecule has 1 heterocycles. The number of amides is 1. The number of pyridine rings is 1. The predicted molar refractivity (Wildman–Crippen MR) is 70.8 cm³/mol. The number of benzene rings is 1. The molecule has 5 heteroatoms. The Morgan fingerprint density at radius 1 is 1.28 bits per heavy atom. The largest absolute Gasteiger partial charge is 0.327 e. The minimum absolute atomic E-state index is 0.163. The first-order valence-corrected chi connectivity index (χ1v) is 5.74. The third kappa shape index (κ3) is 3.46. The van der Waals surface area contributed by atoms with Crippen LogP contribution in [0.3, 0.4) is 0 Å². The van der Waals surface area contributed by atoms with Gasteiger partial charge in [-0.3, -0.25) is 9.59 Å². The number of aromatic nitrogens is 1. The second kappa shape index (κ2) is 5.51. The number of rotatable bonds is 3. The normalized spacial score (nSPS) is 10.1. The van der Waals surface area contributed by atoms with Crippen LogP contribution >= 0.6 is 11.6 Å². The van der Waals surface area contributed by atoms with Crippen LogP contribution in [0.2, 0.25) is 5.02 Å². The zero-order valence-electron chi connectivity index (χ0n) is 9.44. The van der Waals surface area contributed by atoms with Crippen LogP contribution in [-0.4, -0.2) is 10.9 Å². The van der Waals surface area contributed by atoms with Crippen molar-refractivity contribution in [3.8, 4) is 0 Å². The van der Waals surface area contributed by atoms with Gasteiger partial charge in [0.1, 0.15) is 0 Å². The Kier molecular flexibility index (Phi) is 3.79. The van der Waals surface area contributed by atoms with Gasteiger partial charge in [-0.25, -0.2) is 0 Å². The van der Waals surface area contributed by atoms with E-state index in [1.165, 1.54) is 12.3 Å². The van der Waals surface area contributed by atoms with E-state index < -0.39 is 0 Å².